The molecule has 0 spiro atoms. The van der Waals surface area contributed by atoms with Crippen LogP contribution in [0.25, 0.3) is 0 Å². The van der Waals surface area contributed by atoms with Gasteiger partial charge in [0, 0.05) is 11.6 Å². The van der Waals surface area contributed by atoms with Crippen LogP contribution >= 0.6 is 0 Å². The number of benzene rings is 1. The van der Waals surface area contributed by atoms with Gasteiger partial charge in [-0.05, 0) is 12.1 Å². The highest BCUT2D eigenvalue weighted by Crippen LogP contribution is 2.23. The molecule has 3 N–H and O–H groups in total. The monoisotopic (exact) mass is 232 g/mol. The highest BCUT2D eigenvalue weighted by Gasteiger charge is 2.09. The molecular formula is C9H10F2N2O3. The first kappa shape index (κ1) is 12.0. The fourth-order valence-electron chi connectivity index (χ4n) is 1.07. The predicted octanol–water partition coefficient (Wildman–Crippen LogP) is 1.39. The van der Waals surface area contributed by atoms with Crippen molar-refractivity contribution in [3.63, 3.8) is 0 Å². The summed E-state index contributed by atoms with van der Waals surface area (Å²) in [6, 6.07) is 3.90. The Kier molecular flexibility index (Phi) is 3.87. The van der Waals surface area contributed by atoms with Crippen molar-refractivity contribution in [2.75, 3.05) is 7.11 Å². The van der Waals surface area contributed by atoms with E-state index in [4.69, 9.17) is 15.7 Å². The SMILES string of the molecule is COc1cc(OC(F)F)cc(/C(N)=N/O)c1. The number of nitrogens with two attached hydrogens (primary N) is 1. The lowest BCUT2D eigenvalue weighted by molar-refractivity contribution is -0.0499. The molecule has 0 aromatic heterocycles. The second-order valence-corrected chi connectivity index (χ2v) is 2.76. The molecule has 0 amide bonds. The Bertz CT molecular complexity index is 396. The maximum Gasteiger partial charge on any atom is 0.387 e. The molecule has 0 unspecified atom stereocenters. The van der Waals surface area contributed by atoms with E-state index in [0.717, 1.165) is 0 Å². The van der Waals surface area contributed by atoms with Gasteiger partial charge in [0.15, 0.2) is 5.84 Å². The van der Waals surface area contributed by atoms with Crippen LogP contribution in [-0.2, 0) is 0 Å². The fourth-order valence-corrected chi connectivity index (χ4v) is 1.07. The molecule has 0 saturated carbocycles. The number of rotatable bonds is 4. The van der Waals surface area contributed by atoms with Crippen molar-refractivity contribution in [1.29, 1.82) is 0 Å². The van der Waals surface area contributed by atoms with Crippen molar-refractivity contribution in [2.24, 2.45) is 10.9 Å². The van der Waals surface area contributed by atoms with Gasteiger partial charge in [-0.15, -0.1) is 0 Å². The lowest BCUT2D eigenvalue weighted by Crippen LogP contribution is -2.13. The van der Waals surface area contributed by atoms with Crippen LogP contribution in [0.3, 0.4) is 0 Å². The van der Waals surface area contributed by atoms with Gasteiger partial charge in [-0.1, -0.05) is 5.16 Å². The summed E-state index contributed by atoms with van der Waals surface area (Å²) in [6.07, 6.45) is 0. The molecule has 0 bridgehead atoms. The average Bonchev–Trinajstić information content (AvgIpc) is 2.26. The van der Waals surface area contributed by atoms with E-state index in [2.05, 4.69) is 9.89 Å². The molecule has 7 heteroatoms. The van der Waals surface area contributed by atoms with Crippen molar-refractivity contribution < 1.29 is 23.5 Å². The van der Waals surface area contributed by atoms with E-state index in [9.17, 15) is 8.78 Å². The van der Waals surface area contributed by atoms with E-state index in [1.807, 2.05) is 0 Å². The van der Waals surface area contributed by atoms with Crippen molar-refractivity contribution in [3.8, 4) is 11.5 Å². The number of nitrogens with zero attached hydrogens (tertiary/aromatic N) is 1. The van der Waals surface area contributed by atoms with Crippen molar-refractivity contribution in [1.82, 2.24) is 0 Å². The largest absolute Gasteiger partial charge is 0.497 e. The molecule has 16 heavy (non-hydrogen) atoms. The third kappa shape index (κ3) is 2.97. The van der Waals surface area contributed by atoms with Gasteiger partial charge in [-0.3, -0.25) is 0 Å². The van der Waals surface area contributed by atoms with Gasteiger partial charge in [0.05, 0.1) is 7.11 Å². The topological polar surface area (TPSA) is 77.1 Å². The van der Waals surface area contributed by atoms with Crippen LogP contribution in [-0.4, -0.2) is 24.8 Å². The quantitative estimate of drug-likeness (QED) is 0.356. The first-order valence-electron chi connectivity index (χ1n) is 4.18. The summed E-state index contributed by atoms with van der Waals surface area (Å²) in [6.45, 7) is -2.95. The molecule has 1 rings (SSSR count). The molecule has 0 saturated heterocycles. The summed E-state index contributed by atoms with van der Waals surface area (Å²) in [4.78, 5) is 0. The van der Waals surface area contributed by atoms with Crippen molar-refractivity contribution in [3.05, 3.63) is 23.8 Å². The molecule has 0 aliphatic rings. The van der Waals surface area contributed by atoms with Gasteiger partial charge >= 0.3 is 6.61 Å². The number of hydrogen-bond acceptors (Lipinski definition) is 4. The smallest absolute Gasteiger partial charge is 0.387 e. The van der Waals surface area contributed by atoms with Gasteiger partial charge in [-0.2, -0.15) is 8.78 Å². The zero-order chi connectivity index (χ0) is 12.1. The van der Waals surface area contributed by atoms with Crippen LogP contribution < -0.4 is 15.2 Å². The van der Waals surface area contributed by atoms with Gasteiger partial charge in [0.1, 0.15) is 11.5 Å². The predicted molar refractivity (Wildman–Crippen MR) is 52.1 cm³/mol. The molecule has 0 heterocycles. The van der Waals surface area contributed by atoms with Gasteiger partial charge < -0.3 is 20.4 Å². The summed E-state index contributed by atoms with van der Waals surface area (Å²) in [5.41, 5.74) is 5.54. The molecule has 5 nitrogen and oxygen atoms in total. The van der Waals surface area contributed by atoms with Crippen molar-refractivity contribution >= 4 is 5.84 Å². The van der Waals surface area contributed by atoms with Gasteiger partial charge in [-0.25, -0.2) is 0 Å². The molecule has 0 aliphatic heterocycles. The zero-order valence-electron chi connectivity index (χ0n) is 8.35. The summed E-state index contributed by atoms with van der Waals surface area (Å²) in [5.74, 6) is -0.0892. The molecule has 88 valence electrons. The molecule has 0 radical (unpaired) electrons. The maximum absolute atomic E-state index is 12.0. The van der Waals surface area contributed by atoms with Crippen molar-refractivity contribution in [2.45, 2.75) is 6.61 Å². The standard InChI is InChI=1S/C9H10F2N2O3/c1-15-6-2-5(8(12)13-14)3-7(4-6)16-9(10)11/h2-4,9,14H,1H3,(H2,12,13). The number of ether oxygens (including phenoxy) is 2. The second-order valence-electron chi connectivity index (χ2n) is 2.76. The Morgan fingerprint density at radius 1 is 1.38 bits per heavy atom. The van der Waals surface area contributed by atoms with Crippen LogP contribution in [0, 0.1) is 0 Å². The van der Waals surface area contributed by atoms with Crippen LogP contribution in [0.15, 0.2) is 23.4 Å². The Morgan fingerprint density at radius 2 is 2.00 bits per heavy atom. The lowest BCUT2D eigenvalue weighted by Gasteiger charge is -2.09. The van der Waals surface area contributed by atoms with Gasteiger partial charge in [0.2, 0.25) is 0 Å². The molecule has 1 aromatic carbocycles. The van der Waals surface area contributed by atoms with Gasteiger partial charge in [0.25, 0.3) is 0 Å². The number of hydrogen-bond donors (Lipinski definition) is 2. The molecule has 1 aromatic rings. The van der Waals surface area contributed by atoms with Crippen LogP contribution in [0.1, 0.15) is 5.56 Å². The second kappa shape index (κ2) is 5.15. The van der Waals surface area contributed by atoms with E-state index in [0.29, 0.717) is 0 Å². The minimum absolute atomic E-state index is 0.129. The number of oxime groups is 1. The third-order valence-corrected chi connectivity index (χ3v) is 1.74. The van der Waals surface area contributed by atoms with E-state index in [-0.39, 0.29) is 22.9 Å². The summed E-state index contributed by atoms with van der Waals surface area (Å²) in [5, 5.41) is 11.2. The van der Waals surface area contributed by atoms with E-state index in [1.54, 1.807) is 0 Å². The Morgan fingerprint density at radius 3 is 2.50 bits per heavy atom. The Hall–Kier alpha value is -2.05. The van der Waals surface area contributed by atoms with Crippen LogP contribution in [0.4, 0.5) is 8.78 Å². The zero-order valence-corrected chi connectivity index (χ0v) is 8.35. The molecule has 0 aliphatic carbocycles. The minimum atomic E-state index is -2.95. The molecule has 0 fully saturated rings. The minimum Gasteiger partial charge on any atom is -0.497 e. The first-order valence-corrected chi connectivity index (χ1v) is 4.18. The Labute approximate surface area is 90.1 Å². The fraction of sp³-hybridized carbons (Fsp3) is 0.222. The van der Waals surface area contributed by atoms with Crippen LogP contribution in [0.5, 0.6) is 11.5 Å². The first-order chi connectivity index (χ1) is 7.56. The summed E-state index contributed by atoms with van der Waals surface area (Å²) < 4.78 is 33.0. The molecule has 0 atom stereocenters. The number of methoxy groups -OCH3 is 1. The molecular weight excluding hydrogens is 222 g/mol. The van der Waals surface area contributed by atoms with E-state index < -0.39 is 6.61 Å². The normalized spacial score (nSPS) is 11.6. The average molecular weight is 232 g/mol. The number of amidine groups is 1. The third-order valence-electron chi connectivity index (χ3n) is 1.74. The Balaban J connectivity index is 3.10. The lowest BCUT2D eigenvalue weighted by atomic mass is 10.2. The summed E-state index contributed by atoms with van der Waals surface area (Å²) in [7, 11) is 1.36. The van der Waals surface area contributed by atoms with E-state index in [1.165, 1.54) is 25.3 Å². The highest BCUT2D eigenvalue weighted by molar-refractivity contribution is 5.97. The number of halogens is 2. The maximum atomic E-state index is 12.0. The number of alkyl halides is 2. The summed E-state index contributed by atoms with van der Waals surface area (Å²) >= 11 is 0. The highest BCUT2D eigenvalue weighted by atomic mass is 19.3. The van der Waals surface area contributed by atoms with Crippen LogP contribution in [0.2, 0.25) is 0 Å². The van der Waals surface area contributed by atoms with E-state index >= 15 is 0 Å².